The van der Waals surface area contributed by atoms with Crippen LogP contribution in [0, 0.1) is 12.8 Å². The molecule has 174 valence electrons. The summed E-state index contributed by atoms with van der Waals surface area (Å²) in [4.78, 5) is 15.0. The van der Waals surface area contributed by atoms with Crippen molar-refractivity contribution in [3.63, 3.8) is 0 Å². The summed E-state index contributed by atoms with van der Waals surface area (Å²) in [6.45, 7) is 3.06. The Balaban J connectivity index is 1.39. The van der Waals surface area contributed by atoms with Gasteiger partial charge in [0, 0.05) is 42.5 Å². The molecule has 0 saturated carbocycles. The molecule has 8 nitrogen and oxygen atoms in total. The molecule has 1 N–H and O–H groups in total. The second-order valence-electron chi connectivity index (χ2n) is 8.58. The predicted octanol–water partition coefficient (Wildman–Crippen LogP) is 3.42. The van der Waals surface area contributed by atoms with Gasteiger partial charge in [-0.1, -0.05) is 0 Å². The summed E-state index contributed by atoms with van der Waals surface area (Å²) in [6, 6.07) is 3.69. The summed E-state index contributed by atoms with van der Waals surface area (Å²) < 4.78 is 43.5. The molecule has 1 saturated heterocycles. The minimum absolute atomic E-state index is 0.0694. The quantitative estimate of drug-likeness (QED) is 0.477. The summed E-state index contributed by atoms with van der Waals surface area (Å²) in [5.74, 6) is 0.853. The Hall–Kier alpha value is -3.21. The first kappa shape index (κ1) is 21.6. The number of rotatable bonds is 6. The first-order chi connectivity index (χ1) is 15.9. The lowest BCUT2D eigenvalue weighted by Crippen LogP contribution is -2.42. The van der Waals surface area contributed by atoms with Crippen molar-refractivity contribution >= 4 is 22.6 Å². The van der Waals surface area contributed by atoms with Crippen LogP contribution in [0.2, 0.25) is 0 Å². The molecule has 1 fully saturated rings. The third-order valence-corrected chi connectivity index (χ3v) is 6.25. The molecule has 5 heterocycles. The number of hydrogen-bond acceptors (Lipinski definition) is 6. The lowest BCUT2D eigenvalue weighted by atomic mass is 9.95. The van der Waals surface area contributed by atoms with E-state index in [1.165, 1.54) is 4.57 Å². The molecule has 0 amide bonds. The van der Waals surface area contributed by atoms with Crippen LogP contribution in [0.1, 0.15) is 12.2 Å². The highest BCUT2D eigenvalue weighted by Gasteiger charge is 2.27. The van der Waals surface area contributed by atoms with Crippen molar-refractivity contribution in [2.45, 2.75) is 32.5 Å². The molecule has 1 aliphatic rings. The van der Waals surface area contributed by atoms with Crippen LogP contribution in [0.15, 0.2) is 30.7 Å². The maximum absolute atomic E-state index is 14.3. The number of fused-ring (bicyclic) bond motifs is 2. The topological polar surface area (TPSA) is 76.2 Å². The number of nitrogens with one attached hydrogen (secondary N) is 1. The number of likely N-dealkylation sites (tertiary alicyclic amines) is 1. The zero-order valence-corrected chi connectivity index (χ0v) is 18.4. The Morgan fingerprint density at radius 1 is 1.21 bits per heavy atom. The summed E-state index contributed by atoms with van der Waals surface area (Å²) in [5.41, 5.74) is 3.33. The van der Waals surface area contributed by atoms with Gasteiger partial charge in [-0.2, -0.15) is 0 Å². The summed E-state index contributed by atoms with van der Waals surface area (Å²) in [6.07, 6.45) is 2.60. The van der Waals surface area contributed by atoms with Crippen LogP contribution in [0.4, 0.5) is 19.1 Å². The lowest BCUT2D eigenvalue weighted by molar-refractivity contribution is 0.109. The van der Waals surface area contributed by atoms with Crippen LogP contribution in [-0.2, 0) is 6.54 Å². The molecule has 2 atom stereocenters. The number of aryl methyl sites for hydroxylation is 1. The van der Waals surface area contributed by atoms with Gasteiger partial charge < -0.3 is 14.8 Å². The molecular weight excluding hydrogens is 433 g/mol. The smallest absolute Gasteiger partial charge is 0.256 e. The maximum Gasteiger partial charge on any atom is 0.256 e. The monoisotopic (exact) mass is 458 g/mol. The van der Waals surface area contributed by atoms with Crippen molar-refractivity contribution < 1.29 is 13.2 Å². The van der Waals surface area contributed by atoms with Gasteiger partial charge in [0.15, 0.2) is 5.65 Å². The van der Waals surface area contributed by atoms with Gasteiger partial charge in [0.2, 0.25) is 5.95 Å². The second kappa shape index (κ2) is 8.62. The minimum Gasteiger partial charge on any atom is -0.353 e. The maximum atomic E-state index is 14.3. The average Bonchev–Trinajstić information content (AvgIpc) is 3.33. The third-order valence-electron chi connectivity index (χ3n) is 6.25. The Morgan fingerprint density at radius 3 is 2.85 bits per heavy atom. The number of imidazole rings is 1. The lowest BCUT2D eigenvalue weighted by Gasteiger charge is -2.32. The van der Waals surface area contributed by atoms with Crippen molar-refractivity contribution in [3.8, 4) is 11.1 Å². The van der Waals surface area contributed by atoms with E-state index >= 15 is 0 Å². The summed E-state index contributed by atoms with van der Waals surface area (Å²) >= 11 is 0. The molecular formula is C22H25F3N8. The van der Waals surface area contributed by atoms with E-state index in [0.717, 1.165) is 29.6 Å². The van der Waals surface area contributed by atoms with E-state index in [1.807, 2.05) is 24.1 Å². The summed E-state index contributed by atoms with van der Waals surface area (Å²) in [7, 11) is 1.93. The van der Waals surface area contributed by atoms with Crippen molar-refractivity contribution in [1.29, 1.82) is 0 Å². The molecule has 4 aromatic rings. The van der Waals surface area contributed by atoms with Gasteiger partial charge >= 0.3 is 0 Å². The van der Waals surface area contributed by atoms with Gasteiger partial charge in [-0.25, -0.2) is 32.6 Å². The van der Waals surface area contributed by atoms with E-state index in [2.05, 4.69) is 25.4 Å². The van der Waals surface area contributed by atoms with E-state index in [4.69, 9.17) is 0 Å². The molecule has 4 aromatic heterocycles. The number of alkyl halides is 3. The molecule has 1 aliphatic heterocycles. The van der Waals surface area contributed by atoms with Crippen LogP contribution < -0.4 is 5.32 Å². The van der Waals surface area contributed by atoms with Crippen LogP contribution >= 0.6 is 0 Å². The normalized spacial score (nSPS) is 19.7. The number of hydrogen-bond donors (Lipinski definition) is 1. The second-order valence-corrected chi connectivity index (χ2v) is 8.58. The third kappa shape index (κ3) is 4.24. The van der Waals surface area contributed by atoms with Gasteiger partial charge in [-0.05, 0) is 39.1 Å². The van der Waals surface area contributed by atoms with Gasteiger partial charge in [0.1, 0.15) is 12.0 Å². The summed E-state index contributed by atoms with van der Waals surface area (Å²) in [5, 5.41) is 7.65. The van der Waals surface area contributed by atoms with E-state index < -0.39 is 19.1 Å². The first-order valence-corrected chi connectivity index (χ1v) is 10.9. The highest BCUT2D eigenvalue weighted by Crippen LogP contribution is 2.28. The number of nitrogens with zero attached hydrogens (tertiary/aromatic N) is 7. The van der Waals surface area contributed by atoms with Gasteiger partial charge in [0.05, 0.1) is 23.8 Å². The highest BCUT2D eigenvalue weighted by molar-refractivity contribution is 5.85. The molecule has 0 bridgehead atoms. The van der Waals surface area contributed by atoms with Gasteiger partial charge in [0.25, 0.3) is 6.43 Å². The molecule has 11 heteroatoms. The molecule has 0 aliphatic carbocycles. The standard InChI is InChI=1S/C22H25F3N8/c1-13-29-21-18(32(13)12-20(24)25)7-15(9-26-21)16-4-6-33-19(16)10-28-22(30-33)27-8-14-3-5-31(2)11-17(14)23/h4,6-7,9-10,14,17,20H,3,5,8,11-12H2,1-2H3,(H,27,30)/t14?,17-/m1/s1. The van der Waals surface area contributed by atoms with Crippen LogP contribution in [0.5, 0.6) is 0 Å². The van der Waals surface area contributed by atoms with Crippen LogP contribution in [-0.4, -0.2) is 73.3 Å². The van der Waals surface area contributed by atoms with Crippen molar-refractivity contribution in [3.05, 3.63) is 36.5 Å². The Labute approximate surface area is 188 Å². The molecule has 0 aromatic carbocycles. The zero-order chi connectivity index (χ0) is 23.1. The Kier molecular flexibility index (Phi) is 5.65. The first-order valence-electron chi connectivity index (χ1n) is 10.9. The average molecular weight is 458 g/mol. The molecule has 5 rings (SSSR count). The number of anilines is 1. The van der Waals surface area contributed by atoms with Crippen LogP contribution in [0.3, 0.4) is 0 Å². The highest BCUT2D eigenvalue weighted by atomic mass is 19.3. The number of aromatic nitrogens is 6. The number of pyridine rings is 1. The van der Waals surface area contributed by atoms with Crippen molar-refractivity contribution in [2.24, 2.45) is 5.92 Å². The molecule has 33 heavy (non-hydrogen) atoms. The van der Waals surface area contributed by atoms with Gasteiger partial charge in [-0.3, -0.25) is 0 Å². The fraction of sp³-hybridized carbons (Fsp3) is 0.455. The van der Waals surface area contributed by atoms with Crippen LogP contribution in [0.25, 0.3) is 27.8 Å². The fourth-order valence-corrected chi connectivity index (χ4v) is 4.42. The van der Waals surface area contributed by atoms with E-state index in [0.29, 0.717) is 36.0 Å². The number of piperidine rings is 1. The van der Waals surface area contributed by atoms with E-state index in [9.17, 15) is 13.2 Å². The van der Waals surface area contributed by atoms with Gasteiger partial charge in [-0.15, -0.1) is 5.10 Å². The van der Waals surface area contributed by atoms with E-state index in [1.54, 1.807) is 30.0 Å². The Bertz CT molecular complexity index is 1280. The minimum atomic E-state index is -2.48. The SMILES string of the molecule is Cc1nc2ncc(-c3ccn4nc(NCC5CCN(C)C[C@H]5F)ncc34)cc2n1CC(F)F. The molecule has 0 radical (unpaired) electrons. The largest absolute Gasteiger partial charge is 0.353 e. The Morgan fingerprint density at radius 2 is 2.06 bits per heavy atom. The predicted molar refractivity (Wildman–Crippen MR) is 119 cm³/mol. The molecule has 0 spiro atoms. The van der Waals surface area contributed by atoms with Crippen molar-refractivity contribution in [2.75, 3.05) is 32.0 Å². The van der Waals surface area contributed by atoms with Crippen molar-refractivity contribution in [1.82, 2.24) is 34.0 Å². The fourth-order valence-electron chi connectivity index (χ4n) is 4.42. The number of halogens is 3. The zero-order valence-electron chi connectivity index (χ0n) is 18.4. The molecule has 1 unspecified atom stereocenters. The van der Waals surface area contributed by atoms with E-state index in [-0.39, 0.29) is 5.92 Å².